The summed E-state index contributed by atoms with van der Waals surface area (Å²) in [5.41, 5.74) is 13.7. The standard InChI is InChI=1S/C55H44N2/c1-36-23-24-44(39(4)57-55(56-38(3)40-15-7-5-8-16-40)43-27-25-42(26-28-43)41-17-9-6-10-18-41)34-53(36)47-31-29-45(33-37(47)2)46-30-32-52-50-21-12-11-19-48(50)49-20-13-14-22-51(49)54(52)35-46/h5-35,39H,3H2,1-2,4H3,(H,56,57). The first kappa shape index (κ1) is 35.7. The largest absolute Gasteiger partial charge is 0.340 e. The molecule has 0 fully saturated rings. The highest BCUT2D eigenvalue weighted by molar-refractivity contribution is 6.25. The third-order valence-corrected chi connectivity index (χ3v) is 11.3. The first-order valence-electron chi connectivity index (χ1n) is 19.7. The molecule has 0 aliphatic carbocycles. The molecule has 57 heavy (non-hydrogen) atoms. The van der Waals surface area contributed by atoms with Crippen LogP contribution in [0, 0.1) is 13.8 Å². The molecule has 0 aliphatic rings. The van der Waals surface area contributed by atoms with Crippen molar-refractivity contribution >= 4 is 43.9 Å². The fourth-order valence-corrected chi connectivity index (χ4v) is 8.18. The first-order chi connectivity index (χ1) is 27.9. The first-order valence-corrected chi connectivity index (χ1v) is 19.7. The summed E-state index contributed by atoms with van der Waals surface area (Å²) in [5, 5.41) is 11.3. The number of rotatable bonds is 8. The normalized spacial score (nSPS) is 12.2. The molecule has 1 atom stereocenters. The number of hydrogen-bond donors (Lipinski definition) is 1. The van der Waals surface area contributed by atoms with Crippen LogP contribution >= 0.6 is 0 Å². The van der Waals surface area contributed by atoms with Crippen molar-refractivity contribution in [1.82, 2.24) is 5.32 Å². The van der Waals surface area contributed by atoms with Crippen LogP contribution < -0.4 is 5.32 Å². The Bertz CT molecular complexity index is 2920. The minimum Gasteiger partial charge on any atom is -0.340 e. The topological polar surface area (TPSA) is 24.4 Å². The zero-order chi connectivity index (χ0) is 38.9. The van der Waals surface area contributed by atoms with E-state index in [0.29, 0.717) is 0 Å². The average molecular weight is 733 g/mol. The Morgan fingerprint density at radius 3 is 1.61 bits per heavy atom. The van der Waals surface area contributed by atoms with Gasteiger partial charge in [-0.05, 0) is 121 Å². The summed E-state index contributed by atoms with van der Waals surface area (Å²) >= 11 is 0. The molecule has 0 saturated heterocycles. The van der Waals surface area contributed by atoms with Gasteiger partial charge in [0.15, 0.2) is 0 Å². The molecule has 274 valence electrons. The predicted molar refractivity (Wildman–Crippen MR) is 245 cm³/mol. The molecule has 1 N–H and O–H groups in total. The monoisotopic (exact) mass is 732 g/mol. The van der Waals surface area contributed by atoms with E-state index in [1.807, 2.05) is 24.3 Å². The van der Waals surface area contributed by atoms with Gasteiger partial charge in [-0.3, -0.25) is 4.99 Å². The highest BCUT2D eigenvalue weighted by Crippen LogP contribution is 2.38. The van der Waals surface area contributed by atoms with Crippen LogP contribution in [0.3, 0.4) is 0 Å². The predicted octanol–water partition coefficient (Wildman–Crippen LogP) is 14.5. The Labute approximate surface area is 335 Å². The minimum absolute atomic E-state index is 0.118. The molecule has 0 bridgehead atoms. The highest BCUT2D eigenvalue weighted by atomic mass is 15.0. The van der Waals surface area contributed by atoms with Crippen LogP contribution in [-0.4, -0.2) is 5.84 Å². The number of nitrogens with zero attached hydrogens (tertiary/aromatic N) is 1. The molecule has 0 aliphatic heterocycles. The summed E-state index contributed by atoms with van der Waals surface area (Å²) in [6.07, 6.45) is 0. The van der Waals surface area contributed by atoms with Crippen molar-refractivity contribution in [2.24, 2.45) is 4.99 Å². The summed E-state index contributed by atoms with van der Waals surface area (Å²) < 4.78 is 0. The lowest BCUT2D eigenvalue weighted by atomic mass is 9.89. The van der Waals surface area contributed by atoms with Crippen molar-refractivity contribution in [3.63, 3.8) is 0 Å². The van der Waals surface area contributed by atoms with Crippen LogP contribution in [0.4, 0.5) is 0 Å². The molecule has 2 nitrogen and oxygen atoms in total. The summed E-state index contributed by atoms with van der Waals surface area (Å²) in [6, 6.07) is 67.3. The number of benzene rings is 9. The number of amidine groups is 1. The Morgan fingerprint density at radius 1 is 0.439 bits per heavy atom. The molecular formula is C55H44N2. The van der Waals surface area contributed by atoms with Gasteiger partial charge in [0.05, 0.1) is 6.04 Å². The maximum Gasteiger partial charge on any atom is 0.133 e. The summed E-state index contributed by atoms with van der Waals surface area (Å²) in [6.45, 7) is 11.0. The smallest absolute Gasteiger partial charge is 0.133 e. The van der Waals surface area contributed by atoms with Crippen LogP contribution in [0.15, 0.2) is 200 Å². The number of aryl methyl sites for hydroxylation is 2. The molecule has 0 spiro atoms. The lowest BCUT2D eigenvalue weighted by molar-refractivity contribution is 0.814. The van der Waals surface area contributed by atoms with Gasteiger partial charge in [-0.1, -0.05) is 183 Å². The molecule has 0 radical (unpaired) electrons. The molecule has 9 aromatic carbocycles. The van der Waals surface area contributed by atoms with Crippen molar-refractivity contribution in [2.75, 3.05) is 0 Å². The van der Waals surface area contributed by atoms with Crippen LogP contribution in [0.1, 0.15) is 40.8 Å². The Hall–Kier alpha value is -7.03. The zero-order valence-corrected chi connectivity index (χ0v) is 32.6. The third-order valence-electron chi connectivity index (χ3n) is 11.3. The SMILES string of the molecule is C=C(NC(=NC(C)c1ccc(C)c(-c2ccc(-c3ccc4c5ccccc5c5ccccc5c4c3)cc2C)c1)c1ccc(-c2ccccc2)cc1)c1ccccc1. The molecule has 1 unspecified atom stereocenters. The van der Waals surface area contributed by atoms with Gasteiger partial charge >= 0.3 is 0 Å². The van der Waals surface area contributed by atoms with Crippen molar-refractivity contribution in [1.29, 1.82) is 0 Å². The van der Waals surface area contributed by atoms with Crippen LogP contribution in [0.5, 0.6) is 0 Å². The second kappa shape index (κ2) is 15.2. The van der Waals surface area contributed by atoms with Crippen molar-refractivity contribution in [3.05, 3.63) is 222 Å². The van der Waals surface area contributed by atoms with Gasteiger partial charge in [-0.15, -0.1) is 0 Å². The minimum atomic E-state index is -0.118. The van der Waals surface area contributed by atoms with E-state index in [1.165, 1.54) is 76.8 Å². The van der Waals surface area contributed by atoms with Crippen LogP contribution in [0.2, 0.25) is 0 Å². The summed E-state index contributed by atoms with van der Waals surface area (Å²) in [7, 11) is 0. The lowest BCUT2D eigenvalue weighted by Crippen LogP contribution is -2.23. The molecule has 0 saturated carbocycles. The molecule has 0 amide bonds. The van der Waals surface area contributed by atoms with Gasteiger partial charge in [0.2, 0.25) is 0 Å². The van der Waals surface area contributed by atoms with E-state index in [0.717, 1.165) is 28.2 Å². The summed E-state index contributed by atoms with van der Waals surface area (Å²) in [4.78, 5) is 5.34. The number of aliphatic imine (C=N–C) groups is 1. The third kappa shape index (κ3) is 7.03. The molecule has 9 aromatic rings. The van der Waals surface area contributed by atoms with Gasteiger partial charge in [0, 0.05) is 11.3 Å². The fourth-order valence-electron chi connectivity index (χ4n) is 8.18. The molecule has 2 heteroatoms. The van der Waals surface area contributed by atoms with Gasteiger partial charge in [-0.2, -0.15) is 0 Å². The van der Waals surface area contributed by atoms with Gasteiger partial charge in [-0.25, -0.2) is 0 Å². The summed E-state index contributed by atoms with van der Waals surface area (Å²) in [5.74, 6) is 0.787. The molecular weight excluding hydrogens is 689 g/mol. The Kier molecular flexibility index (Phi) is 9.54. The van der Waals surface area contributed by atoms with E-state index < -0.39 is 0 Å². The lowest BCUT2D eigenvalue weighted by Gasteiger charge is -2.18. The number of fused-ring (bicyclic) bond motifs is 6. The van der Waals surface area contributed by atoms with E-state index in [2.05, 4.69) is 196 Å². The average Bonchev–Trinajstić information content (AvgIpc) is 3.27. The zero-order valence-electron chi connectivity index (χ0n) is 32.6. The van der Waals surface area contributed by atoms with Crippen LogP contribution in [-0.2, 0) is 0 Å². The maximum atomic E-state index is 5.34. The maximum absolute atomic E-state index is 5.34. The van der Waals surface area contributed by atoms with Crippen LogP contribution in [0.25, 0.3) is 71.4 Å². The molecule has 0 heterocycles. The van der Waals surface area contributed by atoms with E-state index in [9.17, 15) is 0 Å². The Balaban J connectivity index is 1.05. The molecule has 0 aromatic heterocycles. The highest BCUT2D eigenvalue weighted by Gasteiger charge is 2.15. The van der Waals surface area contributed by atoms with E-state index >= 15 is 0 Å². The van der Waals surface area contributed by atoms with E-state index in [4.69, 9.17) is 4.99 Å². The van der Waals surface area contributed by atoms with Gasteiger partial charge in [0.1, 0.15) is 5.84 Å². The van der Waals surface area contributed by atoms with Crippen molar-refractivity contribution in [2.45, 2.75) is 26.8 Å². The van der Waals surface area contributed by atoms with E-state index in [1.54, 1.807) is 0 Å². The quantitative estimate of drug-likeness (QED) is 0.0939. The Morgan fingerprint density at radius 2 is 0.965 bits per heavy atom. The van der Waals surface area contributed by atoms with E-state index in [-0.39, 0.29) is 6.04 Å². The second-order valence-electron chi connectivity index (χ2n) is 15.0. The van der Waals surface area contributed by atoms with Crippen molar-refractivity contribution < 1.29 is 0 Å². The van der Waals surface area contributed by atoms with Gasteiger partial charge < -0.3 is 5.32 Å². The fraction of sp³-hybridized carbons (Fsp3) is 0.0727. The molecule has 9 rings (SSSR count). The number of hydrogen-bond acceptors (Lipinski definition) is 1. The second-order valence-corrected chi connectivity index (χ2v) is 15.0. The van der Waals surface area contributed by atoms with Crippen molar-refractivity contribution in [3.8, 4) is 33.4 Å². The van der Waals surface area contributed by atoms with Gasteiger partial charge in [0.25, 0.3) is 0 Å². The number of nitrogens with one attached hydrogen (secondary N) is 1.